The monoisotopic (exact) mass is 468 g/mol. The van der Waals surface area contributed by atoms with E-state index < -0.39 is 40.6 Å². The number of hydrogen-bond acceptors (Lipinski definition) is 7. The van der Waals surface area contributed by atoms with Crippen molar-refractivity contribution in [2.75, 3.05) is 0 Å². The smallest absolute Gasteiger partial charge is 0.312 e. The molecule has 2 heterocycles. The van der Waals surface area contributed by atoms with Gasteiger partial charge >= 0.3 is 17.9 Å². The van der Waals surface area contributed by atoms with Gasteiger partial charge in [0, 0.05) is 23.0 Å². The minimum atomic E-state index is -3.27. The molecular weight excluding hydrogens is 438 g/mol. The van der Waals surface area contributed by atoms with E-state index in [1.165, 1.54) is 20.8 Å². The van der Waals surface area contributed by atoms with Crippen molar-refractivity contribution in [1.29, 1.82) is 0 Å². The first-order chi connectivity index (χ1) is 15.1. The third-order valence-corrected chi connectivity index (χ3v) is 5.38. The zero-order valence-electron chi connectivity index (χ0n) is 19.7. The van der Waals surface area contributed by atoms with Gasteiger partial charge in [0.1, 0.15) is 5.60 Å². The maximum atomic E-state index is 14.7. The number of alkyl halides is 2. The number of halogens is 2. The Kier molecular flexibility index (Phi) is 6.43. The summed E-state index contributed by atoms with van der Waals surface area (Å²) in [5, 5.41) is 17.3. The molecule has 0 bridgehead atoms. The van der Waals surface area contributed by atoms with Crippen molar-refractivity contribution in [1.82, 2.24) is 10.3 Å². The molecule has 1 saturated carbocycles. The first-order valence-corrected chi connectivity index (χ1v) is 10.9. The summed E-state index contributed by atoms with van der Waals surface area (Å²) < 4.78 is 45.2. The SMILES string of the molecule is CC(C)(C)OC(=O)C[C@@H](CC(=O)O)c1noc(-c2cc(C(F)(F)C(C)(C)C)on2)c1C1CC1. The highest BCUT2D eigenvalue weighted by atomic mass is 19.3. The molecule has 2 aromatic heterocycles. The molecule has 2 aromatic rings. The Labute approximate surface area is 190 Å². The molecule has 1 aliphatic rings. The highest BCUT2D eigenvalue weighted by Crippen LogP contribution is 2.50. The quantitative estimate of drug-likeness (QED) is 0.495. The van der Waals surface area contributed by atoms with Gasteiger partial charge in [-0.1, -0.05) is 31.1 Å². The van der Waals surface area contributed by atoms with Crippen molar-refractivity contribution >= 4 is 11.9 Å². The Morgan fingerprint density at radius 1 is 1.12 bits per heavy atom. The van der Waals surface area contributed by atoms with Crippen LogP contribution in [0.4, 0.5) is 8.78 Å². The zero-order valence-corrected chi connectivity index (χ0v) is 19.7. The van der Waals surface area contributed by atoms with Gasteiger partial charge in [0.05, 0.1) is 18.5 Å². The Balaban J connectivity index is 1.98. The molecule has 0 aliphatic heterocycles. The molecule has 1 fully saturated rings. The number of carbonyl (C=O) groups is 2. The van der Waals surface area contributed by atoms with Crippen LogP contribution in [-0.4, -0.2) is 33.0 Å². The van der Waals surface area contributed by atoms with Crippen molar-refractivity contribution < 1.29 is 37.3 Å². The molecule has 0 saturated heterocycles. The Morgan fingerprint density at radius 3 is 2.27 bits per heavy atom. The molecule has 182 valence electrons. The average molecular weight is 468 g/mol. The van der Waals surface area contributed by atoms with Gasteiger partial charge in [0.2, 0.25) is 5.76 Å². The van der Waals surface area contributed by atoms with Gasteiger partial charge in [-0.2, -0.15) is 8.78 Å². The first kappa shape index (κ1) is 24.9. The number of aromatic nitrogens is 2. The summed E-state index contributed by atoms with van der Waals surface area (Å²) >= 11 is 0. The van der Waals surface area contributed by atoms with E-state index in [0.717, 1.165) is 18.9 Å². The summed E-state index contributed by atoms with van der Waals surface area (Å²) in [4.78, 5) is 23.9. The van der Waals surface area contributed by atoms with Crippen LogP contribution in [0, 0.1) is 5.41 Å². The van der Waals surface area contributed by atoms with E-state index in [0.29, 0.717) is 11.3 Å². The molecule has 10 heteroatoms. The van der Waals surface area contributed by atoms with E-state index in [-0.39, 0.29) is 30.2 Å². The molecule has 33 heavy (non-hydrogen) atoms. The van der Waals surface area contributed by atoms with E-state index in [1.807, 2.05) is 0 Å². The lowest BCUT2D eigenvalue weighted by atomic mass is 9.86. The molecule has 0 unspecified atom stereocenters. The lowest BCUT2D eigenvalue weighted by molar-refractivity contribution is -0.155. The lowest BCUT2D eigenvalue weighted by Crippen LogP contribution is -2.30. The van der Waals surface area contributed by atoms with Crippen molar-refractivity contribution in [2.45, 2.75) is 90.6 Å². The predicted molar refractivity (Wildman–Crippen MR) is 113 cm³/mol. The molecule has 0 aromatic carbocycles. The molecule has 1 atom stereocenters. The van der Waals surface area contributed by atoms with E-state index >= 15 is 0 Å². The number of esters is 1. The van der Waals surface area contributed by atoms with Crippen LogP contribution in [0.5, 0.6) is 0 Å². The number of rotatable bonds is 8. The predicted octanol–water partition coefficient (Wildman–Crippen LogP) is 5.64. The highest BCUT2D eigenvalue weighted by Gasteiger charge is 2.49. The van der Waals surface area contributed by atoms with Gasteiger partial charge in [0.25, 0.3) is 0 Å². The standard InChI is InChI=1S/C23H30F2N2O6/c1-21(2,3)23(24,25)15-11-14(26-32-15)20-18(12-7-8-12)19(27-33-20)13(9-16(28)29)10-17(30)31-22(4,5)6/h11-13H,7-10H2,1-6H3,(H,28,29)/t13-/m1/s1. The van der Waals surface area contributed by atoms with E-state index in [2.05, 4.69) is 10.3 Å². The molecule has 0 radical (unpaired) electrons. The number of hydrogen-bond donors (Lipinski definition) is 1. The van der Waals surface area contributed by atoms with Gasteiger partial charge in [-0.15, -0.1) is 0 Å². The van der Waals surface area contributed by atoms with Gasteiger partial charge < -0.3 is 18.9 Å². The van der Waals surface area contributed by atoms with Crippen LogP contribution in [-0.2, 0) is 20.2 Å². The Morgan fingerprint density at radius 2 is 1.76 bits per heavy atom. The summed E-state index contributed by atoms with van der Waals surface area (Å²) in [6.07, 6.45) is 1.03. The Hall–Kier alpha value is -2.78. The number of nitrogens with zero attached hydrogens (tertiary/aromatic N) is 2. The molecule has 1 aliphatic carbocycles. The number of aliphatic carboxylic acids is 1. The normalized spacial score (nSPS) is 16.0. The number of carbonyl (C=O) groups excluding carboxylic acids is 1. The van der Waals surface area contributed by atoms with Crippen LogP contribution in [0.15, 0.2) is 15.1 Å². The third-order valence-electron chi connectivity index (χ3n) is 5.38. The summed E-state index contributed by atoms with van der Waals surface area (Å²) in [5.41, 5.74) is -1.16. The fourth-order valence-electron chi connectivity index (χ4n) is 3.52. The fraction of sp³-hybridized carbons (Fsp3) is 0.652. The molecule has 1 N–H and O–H groups in total. The fourth-order valence-corrected chi connectivity index (χ4v) is 3.52. The van der Waals surface area contributed by atoms with E-state index in [4.69, 9.17) is 13.8 Å². The molecule has 0 spiro atoms. The highest BCUT2D eigenvalue weighted by molar-refractivity contribution is 5.74. The maximum absolute atomic E-state index is 14.7. The second-order valence-electron chi connectivity index (χ2n) is 10.6. The van der Waals surface area contributed by atoms with Crippen LogP contribution in [0.25, 0.3) is 11.5 Å². The summed E-state index contributed by atoms with van der Waals surface area (Å²) in [7, 11) is 0. The van der Waals surface area contributed by atoms with Crippen LogP contribution in [0.3, 0.4) is 0 Å². The molecule has 0 amide bonds. The summed E-state index contributed by atoms with van der Waals surface area (Å²) in [6, 6.07) is 1.13. The van der Waals surface area contributed by atoms with Crippen molar-refractivity contribution in [3.63, 3.8) is 0 Å². The minimum absolute atomic E-state index is 0.0134. The topological polar surface area (TPSA) is 116 Å². The minimum Gasteiger partial charge on any atom is -0.481 e. The molecular formula is C23H30F2N2O6. The van der Waals surface area contributed by atoms with Crippen LogP contribution in [0.2, 0.25) is 0 Å². The number of carboxylic acids is 1. The maximum Gasteiger partial charge on any atom is 0.312 e. The van der Waals surface area contributed by atoms with Crippen molar-refractivity contribution in [3.8, 4) is 11.5 Å². The van der Waals surface area contributed by atoms with E-state index in [9.17, 15) is 23.5 Å². The Bertz CT molecular complexity index is 1020. The van der Waals surface area contributed by atoms with Crippen LogP contribution < -0.4 is 0 Å². The second-order valence-corrected chi connectivity index (χ2v) is 10.6. The molecule has 3 rings (SSSR count). The number of carboxylic acid groups (broad SMARTS) is 1. The zero-order chi connectivity index (χ0) is 24.8. The summed E-state index contributed by atoms with van der Waals surface area (Å²) in [6.45, 7) is 9.34. The van der Waals surface area contributed by atoms with E-state index in [1.54, 1.807) is 20.8 Å². The third kappa shape index (κ3) is 5.59. The number of ether oxygens (including phenoxy) is 1. The second kappa shape index (κ2) is 8.53. The van der Waals surface area contributed by atoms with Gasteiger partial charge in [0.15, 0.2) is 11.5 Å². The lowest BCUT2D eigenvalue weighted by Gasteiger charge is -2.27. The van der Waals surface area contributed by atoms with Crippen LogP contribution in [0.1, 0.15) is 96.1 Å². The van der Waals surface area contributed by atoms with Crippen LogP contribution >= 0.6 is 0 Å². The van der Waals surface area contributed by atoms with Crippen molar-refractivity contribution in [2.24, 2.45) is 5.41 Å². The van der Waals surface area contributed by atoms with Gasteiger partial charge in [-0.25, -0.2) is 0 Å². The average Bonchev–Trinajstić information content (AvgIpc) is 3.18. The summed E-state index contributed by atoms with van der Waals surface area (Å²) in [5.74, 6) is -6.17. The van der Waals surface area contributed by atoms with Crippen molar-refractivity contribution in [3.05, 3.63) is 23.1 Å². The largest absolute Gasteiger partial charge is 0.481 e. The molecule has 8 nitrogen and oxygen atoms in total. The first-order valence-electron chi connectivity index (χ1n) is 10.9. The van der Waals surface area contributed by atoms with Gasteiger partial charge in [-0.05, 0) is 39.5 Å². The van der Waals surface area contributed by atoms with Gasteiger partial charge in [-0.3, -0.25) is 9.59 Å².